The first-order valence-corrected chi connectivity index (χ1v) is 3.27. The summed E-state index contributed by atoms with van der Waals surface area (Å²) in [6.45, 7) is 0.775. The Morgan fingerprint density at radius 2 is 2.62 bits per heavy atom. The Morgan fingerprint density at radius 3 is 3.12 bits per heavy atom. The molecule has 0 fully saturated rings. The summed E-state index contributed by atoms with van der Waals surface area (Å²) in [5.74, 6) is 5.08. The second kappa shape index (κ2) is 2.81. The number of nitrogens with two attached hydrogens (primary N) is 1. The molecule has 0 aliphatic rings. The Hall–Kier alpha value is -0.380. The van der Waals surface area contributed by atoms with Gasteiger partial charge in [-0.25, -0.2) is 0 Å². The lowest BCUT2D eigenvalue weighted by atomic mass is 10.5. The maximum Gasteiger partial charge on any atom is 0.0442 e. The van der Waals surface area contributed by atoms with Crippen LogP contribution in [0, 0.1) is 0 Å². The molecule has 0 atom stereocenters. The molecule has 8 heavy (non-hydrogen) atoms. The summed E-state index contributed by atoms with van der Waals surface area (Å²) in [4.78, 5) is 1.27. The van der Waals surface area contributed by atoms with E-state index in [0.29, 0.717) is 0 Å². The van der Waals surface area contributed by atoms with E-state index in [4.69, 9.17) is 5.84 Å². The summed E-state index contributed by atoms with van der Waals surface area (Å²) >= 11 is 1.70. The van der Waals surface area contributed by atoms with Crippen molar-refractivity contribution in [1.29, 1.82) is 0 Å². The fraction of sp³-hybridized carbons (Fsp3) is 0.200. The number of hydrazine groups is 1. The minimum Gasteiger partial charge on any atom is -0.271 e. The molecule has 0 bridgehead atoms. The predicted molar refractivity (Wildman–Crippen MR) is 35.3 cm³/mol. The Labute approximate surface area is 52.3 Å². The van der Waals surface area contributed by atoms with Crippen molar-refractivity contribution in [2.75, 3.05) is 0 Å². The minimum atomic E-state index is 0.775. The number of thiophene rings is 1. The lowest BCUT2D eigenvalue weighted by molar-refractivity contribution is 0.751. The Balaban J connectivity index is 2.50. The molecule has 0 spiro atoms. The van der Waals surface area contributed by atoms with Crippen molar-refractivity contribution in [3.05, 3.63) is 22.4 Å². The number of hydrogen-bond donors (Lipinski definition) is 2. The van der Waals surface area contributed by atoms with Crippen LogP contribution < -0.4 is 11.3 Å². The molecule has 1 aromatic rings. The van der Waals surface area contributed by atoms with Crippen LogP contribution in [0.2, 0.25) is 0 Å². The Morgan fingerprint density at radius 1 is 1.75 bits per heavy atom. The van der Waals surface area contributed by atoms with Crippen molar-refractivity contribution in [2.45, 2.75) is 6.54 Å². The molecular weight excluding hydrogens is 120 g/mol. The Kier molecular flexibility index (Phi) is 2.02. The lowest BCUT2D eigenvalue weighted by Crippen LogP contribution is -2.19. The third-order valence-corrected chi connectivity index (χ3v) is 1.73. The van der Waals surface area contributed by atoms with Gasteiger partial charge >= 0.3 is 0 Å². The molecule has 3 heteroatoms. The van der Waals surface area contributed by atoms with Crippen LogP contribution in [0.25, 0.3) is 0 Å². The second-order valence-electron chi connectivity index (χ2n) is 1.46. The molecule has 0 aromatic carbocycles. The van der Waals surface area contributed by atoms with Gasteiger partial charge < -0.3 is 0 Å². The fourth-order valence-corrected chi connectivity index (χ4v) is 1.17. The van der Waals surface area contributed by atoms with Crippen molar-refractivity contribution in [1.82, 2.24) is 5.43 Å². The van der Waals surface area contributed by atoms with Gasteiger partial charge in [0, 0.05) is 11.4 Å². The molecule has 0 aliphatic heterocycles. The first kappa shape index (κ1) is 5.75. The summed E-state index contributed by atoms with van der Waals surface area (Å²) in [5.41, 5.74) is 2.58. The van der Waals surface area contributed by atoms with Crippen LogP contribution in [0.5, 0.6) is 0 Å². The highest BCUT2D eigenvalue weighted by Crippen LogP contribution is 2.06. The molecule has 0 aliphatic carbocycles. The minimum absolute atomic E-state index is 0.775. The normalized spacial score (nSPS) is 9.62. The third kappa shape index (κ3) is 1.30. The molecule has 1 heterocycles. The van der Waals surface area contributed by atoms with E-state index in [1.807, 2.05) is 17.5 Å². The van der Waals surface area contributed by atoms with Gasteiger partial charge in [-0.05, 0) is 11.4 Å². The van der Waals surface area contributed by atoms with Gasteiger partial charge in [-0.15, -0.1) is 11.3 Å². The summed E-state index contributed by atoms with van der Waals surface area (Å²) in [6, 6.07) is 4.06. The van der Waals surface area contributed by atoms with Gasteiger partial charge in [0.15, 0.2) is 0 Å². The van der Waals surface area contributed by atoms with Gasteiger partial charge in [-0.1, -0.05) is 6.07 Å². The lowest BCUT2D eigenvalue weighted by Gasteiger charge is -1.89. The van der Waals surface area contributed by atoms with Crippen molar-refractivity contribution in [2.24, 2.45) is 5.84 Å². The predicted octanol–water partition coefficient (Wildman–Crippen LogP) is 0.711. The van der Waals surface area contributed by atoms with Crippen molar-refractivity contribution < 1.29 is 0 Å². The quantitative estimate of drug-likeness (QED) is 0.455. The molecule has 44 valence electrons. The van der Waals surface area contributed by atoms with Crippen LogP contribution in [-0.4, -0.2) is 0 Å². The van der Waals surface area contributed by atoms with E-state index in [0.717, 1.165) is 6.54 Å². The summed E-state index contributed by atoms with van der Waals surface area (Å²) < 4.78 is 0. The van der Waals surface area contributed by atoms with Crippen LogP contribution in [0.3, 0.4) is 0 Å². The first-order valence-electron chi connectivity index (χ1n) is 2.39. The summed E-state index contributed by atoms with van der Waals surface area (Å²) in [6.07, 6.45) is 0. The van der Waals surface area contributed by atoms with E-state index in [1.54, 1.807) is 11.3 Å². The molecule has 1 rings (SSSR count). The maximum absolute atomic E-state index is 5.08. The first-order chi connectivity index (χ1) is 3.93. The van der Waals surface area contributed by atoms with E-state index in [1.165, 1.54) is 4.88 Å². The van der Waals surface area contributed by atoms with Crippen LogP contribution in [0.4, 0.5) is 0 Å². The van der Waals surface area contributed by atoms with Gasteiger partial charge in [0.25, 0.3) is 0 Å². The van der Waals surface area contributed by atoms with E-state index in [9.17, 15) is 0 Å². The van der Waals surface area contributed by atoms with Gasteiger partial charge in [0.2, 0.25) is 0 Å². The monoisotopic (exact) mass is 128 g/mol. The van der Waals surface area contributed by atoms with Crippen LogP contribution in [0.1, 0.15) is 4.88 Å². The second-order valence-corrected chi connectivity index (χ2v) is 2.49. The number of nitrogens with one attached hydrogen (secondary N) is 1. The van der Waals surface area contributed by atoms with Crippen molar-refractivity contribution >= 4 is 11.3 Å². The highest BCUT2D eigenvalue weighted by atomic mass is 32.1. The van der Waals surface area contributed by atoms with E-state index in [2.05, 4.69) is 5.43 Å². The highest BCUT2D eigenvalue weighted by Gasteiger charge is 1.86. The topological polar surface area (TPSA) is 38.0 Å². The Bertz CT molecular complexity index is 136. The number of rotatable bonds is 2. The zero-order valence-corrected chi connectivity index (χ0v) is 5.24. The van der Waals surface area contributed by atoms with Gasteiger partial charge in [0.05, 0.1) is 0 Å². The van der Waals surface area contributed by atoms with Gasteiger partial charge in [-0.3, -0.25) is 11.3 Å². The average Bonchev–Trinajstić information content (AvgIpc) is 2.19. The molecule has 3 N–H and O–H groups in total. The van der Waals surface area contributed by atoms with Gasteiger partial charge in [-0.2, -0.15) is 0 Å². The molecule has 0 saturated carbocycles. The number of hydrogen-bond acceptors (Lipinski definition) is 3. The highest BCUT2D eigenvalue weighted by molar-refractivity contribution is 7.09. The molecule has 2 nitrogen and oxygen atoms in total. The summed E-state index contributed by atoms with van der Waals surface area (Å²) in [7, 11) is 0. The average molecular weight is 128 g/mol. The van der Waals surface area contributed by atoms with Crippen molar-refractivity contribution in [3.8, 4) is 0 Å². The summed E-state index contributed by atoms with van der Waals surface area (Å²) in [5, 5.41) is 2.03. The standard InChI is InChI=1S/C5H8N2S/c6-7-4-5-2-1-3-8-5/h1-3,7H,4,6H2. The molecule has 0 radical (unpaired) electrons. The maximum atomic E-state index is 5.08. The van der Waals surface area contributed by atoms with Gasteiger partial charge in [0.1, 0.15) is 0 Å². The largest absolute Gasteiger partial charge is 0.271 e. The smallest absolute Gasteiger partial charge is 0.0442 e. The third-order valence-electron chi connectivity index (χ3n) is 0.856. The van der Waals surface area contributed by atoms with Crippen LogP contribution >= 0.6 is 11.3 Å². The zero-order chi connectivity index (χ0) is 5.82. The fourth-order valence-electron chi connectivity index (χ4n) is 0.514. The molecule has 0 amide bonds. The van der Waals surface area contributed by atoms with E-state index >= 15 is 0 Å². The van der Waals surface area contributed by atoms with Crippen molar-refractivity contribution in [3.63, 3.8) is 0 Å². The van der Waals surface area contributed by atoms with E-state index in [-0.39, 0.29) is 0 Å². The zero-order valence-electron chi connectivity index (χ0n) is 4.42. The molecule has 0 unspecified atom stereocenters. The molecule has 1 aromatic heterocycles. The van der Waals surface area contributed by atoms with E-state index < -0.39 is 0 Å². The molecule has 0 saturated heterocycles. The SMILES string of the molecule is NNCc1cccs1. The van der Waals surface area contributed by atoms with Crippen LogP contribution in [0.15, 0.2) is 17.5 Å². The van der Waals surface area contributed by atoms with Crippen LogP contribution in [-0.2, 0) is 6.54 Å². The molecular formula is C5H8N2S.